The summed E-state index contributed by atoms with van der Waals surface area (Å²) in [4.78, 5) is 19.9. The number of aromatic amines is 1. The van der Waals surface area contributed by atoms with Crippen molar-refractivity contribution < 1.29 is 4.79 Å². The van der Waals surface area contributed by atoms with E-state index in [9.17, 15) is 4.79 Å². The van der Waals surface area contributed by atoms with Gasteiger partial charge in [-0.05, 0) is 55.7 Å². The van der Waals surface area contributed by atoms with Crippen molar-refractivity contribution >= 4 is 22.6 Å². The lowest BCUT2D eigenvalue weighted by molar-refractivity contribution is 0.102. The van der Waals surface area contributed by atoms with Crippen LogP contribution >= 0.6 is 0 Å². The fourth-order valence-electron chi connectivity index (χ4n) is 2.92. The molecule has 3 aromatic rings. The number of aromatic nitrogens is 2. The molecule has 2 heterocycles. The maximum absolute atomic E-state index is 12.6. The molecule has 2 aromatic heterocycles. The number of carbonyl (C=O) groups is 1. The summed E-state index contributed by atoms with van der Waals surface area (Å²) < 4.78 is 0. The van der Waals surface area contributed by atoms with Crippen LogP contribution < -0.4 is 11.1 Å². The van der Waals surface area contributed by atoms with Crippen molar-refractivity contribution in [2.75, 3.05) is 5.32 Å². The molecule has 0 fully saturated rings. The average molecular weight is 322 g/mol. The van der Waals surface area contributed by atoms with Crippen LogP contribution in [0.4, 0.5) is 5.69 Å². The molecule has 0 aliphatic carbocycles. The Morgan fingerprint density at radius 3 is 2.79 bits per heavy atom. The molecular formula is C19H22N4O. The smallest absolute Gasteiger partial charge is 0.255 e. The molecule has 4 N–H and O–H groups in total. The van der Waals surface area contributed by atoms with E-state index in [2.05, 4.69) is 22.2 Å². The van der Waals surface area contributed by atoms with Crippen LogP contribution in [-0.4, -0.2) is 15.9 Å². The minimum absolute atomic E-state index is 0.139. The first-order valence-corrected chi connectivity index (χ1v) is 8.06. The lowest BCUT2D eigenvalue weighted by Gasteiger charge is -2.23. The molecular weight excluding hydrogens is 300 g/mol. The number of nitrogens with one attached hydrogen (secondary N) is 2. The number of fused-ring (bicyclic) bond motifs is 1. The van der Waals surface area contributed by atoms with E-state index < -0.39 is 5.54 Å². The number of hydrogen-bond donors (Lipinski definition) is 3. The number of benzene rings is 1. The molecule has 124 valence electrons. The lowest BCUT2D eigenvalue weighted by Crippen LogP contribution is -2.30. The van der Waals surface area contributed by atoms with Crippen molar-refractivity contribution in [3.8, 4) is 0 Å². The Bertz CT molecular complexity index is 890. The average Bonchev–Trinajstić information content (AvgIpc) is 3.03. The third kappa shape index (κ3) is 3.03. The van der Waals surface area contributed by atoms with E-state index in [-0.39, 0.29) is 5.91 Å². The molecule has 0 radical (unpaired) electrons. The number of amides is 1. The number of nitrogens with zero attached hydrogens (tertiary/aromatic N) is 1. The van der Waals surface area contributed by atoms with Crippen LogP contribution in [0.1, 0.15) is 42.3 Å². The molecule has 0 aliphatic heterocycles. The number of H-pyrrole nitrogens is 1. The lowest BCUT2D eigenvalue weighted by atomic mass is 9.88. The summed E-state index contributed by atoms with van der Waals surface area (Å²) in [6, 6.07) is 9.40. The Balaban J connectivity index is 1.92. The van der Waals surface area contributed by atoms with Gasteiger partial charge in [0.25, 0.3) is 5.91 Å². The second-order valence-corrected chi connectivity index (χ2v) is 6.50. The monoisotopic (exact) mass is 322 g/mol. The first-order chi connectivity index (χ1) is 11.4. The zero-order chi connectivity index (χ0) is 17.3. The molecule has 1 amide bonds. The second kappa shape index (κ2) is 6.09. The van der Waals surface area contributed by atoms with Crippen LogP contribution in [0.5, 0.6) is 0 Å². The highest BCUT2D eigenvalue weighted by Crippen LogP contribution is 2.25. The Morgan fingerprint density at radius 1 is 1.29 bits per heavy atom. The van der Waals surface area contributed by atoms with E-state index in [1.165, 1.54) is 0 Å². The summed E-state index contributed by atoms with van der Waals surface area (Å²) >= 11 is 0. The third-order valence-corrected chi connectivity index (χ3v) is 4.15. The number of hydrogen-bond acceptors (Lipinski definition) is 3. The van der Waals surface area contributed by atoms with Crippen LogP contribution in [0.2, 0.25) is 0 Å². The zero-order valence-electron chi connectivity index (χ0n) is 14.2. The predicted octanol–water partition coefficient (Wildman–Crippen LogP) is 3.57. The molecule has 0 atom stereocenters. The minimum Gasteiger partial charge on any atom is -0.346 e. The van der Waals surface area contributed by atoms with E-state index in [0.29, 0.717) is 5.56 Å². The quantitative estimate of drug-likeness (QED) is 0.686. The van der Waals surface area contributed by atoms with Gasteiger partial charge >= 0.3 is 0 Å². The highest BCUT2D eigenvalue weighted by molar-refractivity contribution is 6.08. The van der Waals surface area contributed by atoms with E-state index in [1.54, 1.807) is 18.5 Å². The minimum atomic E-state index is -0.428. The van der Waals surface area contributed by atoms with E-state index in [4.69, 9.17) is 5.73 Å². The molecule has 24 heavy (non-hydrogen) atoms. The SMILES string of the molecule is CCc1cc(C(=O)Nc2ccnc3[nH]ccc23)ccc1C(C)(C)N. The van der Waals surface area contributed by atoms with Gasteiger partial charge in [0.05, 0.1) is 5.69 Å². The zero-order valence-corrected chi connectivity index (χ0v) is 14.2. The first kappa shape index (κ1) is 16.2. The molecule has 3 rings (SSSR count). The molecule has 5 nitrogen and oxygen atoms in total. The van der Waals surface area contributed by atoms with Crippen molar-refractivity contribution in [1.82, 2.24) is 9.97 Å². The summed E-state index contributed by atoms with van der Waals surface area (Å²) in [6.07, 6.45) is 4.31. The molecule has 0 spiro atoms. The maximum Gasteiger partial charge on any atom is 0.255 e. The largest absolute Gasteiger partial charge is 0.346 e. The molecule has 0 unspecified atom stereocenters. The highest BCUT2D eigenvalue weighted by atomic mass is 16.1. The topological polar surface area (TPSA) is 83.8 Å². The van der Waals surface area contributed by atoms with Gasteiger partial charge in [-0.3, -0.25) is 4.79 Å². The second-order valence-electron chi connectivity index (χ2n) is 6.50. The first-order valence-electron chi connectivity index (χ1n) is 8.06. The van der Waals surface area contributed by atoms with Gasteiger partial charge in [-0.25, -0.2) is 4.98 Å². The maximum atomic E-state index is 12.6. The van der Waals surface area contributed by atoms with E-state index >= 15 is 0 Å². The number of aryl methyl sites for hydroxylation is 1. The molecule has 0 bridgehead atoms. The van der Waals surface area contributed by atoms with Crippen molar-refractivity contribution in [2.24, 2.45) is 5.73 Å². The van der Waals surface area contributed by atoms with Gasteiger partial charge < -0.3 is 16.0 Å². The van der Waals surface area contributed by atoms with Crippen molar-refractivity contribution in [3.05, 3.63) is 59.4 Å². The van der Waals surface area contributed by atoms with Gasteiger partial charge in [0.1, 0.15) is 5.65 Å². The molecule has 0 saturated carbocycles. The molecule has 1 aromatic carbocycles. The number of nitrogens with two attached hydrogens (primary N) is 1. The van der Waals surface area contributed by atoms with Crippen molar-refractivity contribution in [1.29, 1.82) is 0 Å². The van der Waals surface area contributed by atoms with Crippen LogP contribution in [0, 0.1) is 0 Å². The summed E-state index contributed by atoms with van der Waals surface area (Å²) in [5.74, 6) is -0.139. The number of rotatable bonds is 4. The Kier molecular flexibility index (Phi) is 4.11. The van der Waals surface area contributed by atoms with E-state index in [1.807, 2.05) is 38.1 Å². The van der Waals surface area contributed by atoms with Crippen LogP contribution in [0.3, 0.4) is 0 Å². The highest BCUT2D eigenvalue weighted by Gasteiger charge is 2.19. The van der Waals surface area contributed by atoms with E-state index in [0.717, 1.165) is 34.3 Å². The standard InChI is InChI=1S/C19H22N4O/c1-4-12-11-13(5-6-15(12)19(2,3)20)18(24)23-16-8-10-22-17-14(16)7-9-21-17/h5-11H,4,20H2,1-3H3,(H2,21,22,23,24). The molecule has 0 aliphatic rings. The van der Waals surface area contributed by atoms with Gasteiger partial charge in [0.2, 0.25) is 0 Å². The Hall–Kier alpha value is -2.66. The number of pyridine rings is 1. The van der Waals surface area contributed by atoms with Gasteiger partial charge in [-0.2, -0.15) is 0 Å². The fourth-order valence-corrected chi connectivity index (χ4v) is 2.92. The van der Waals surface area contributed by atoms with Crippen molar-refractivity contribution in [3.63, 3.8) is 0 Å². The van der Waals surface area contributed by atoms with Crippen molar-refractivity contribution in [2.45, 2.75) is 32.7 Å². The van der Waals surface area contributed by atoms with Gasteiger partial charge in [0.15, 0.2) is 0 Å². The summed E-state index contributed by atoms with van der Waals surface area (Å²) in [6.45, 7) is 6.01. The summed E-state index contributed by atoms with van der Waals surface area (Å²) in [5.41, 5.74) is 10.1. The molecule has 0 saturated heterocycles. The normalized spacial score (nSPS) is 11.7. The van der Waals surface area contributed by atoms with Gasteiger partial charge in [-0.15, -0.1) is 0 Å². The summed E-state index contributed by atoms with van der Waals surface area (Å²) in [5, 5.41) is 3.86. The summed E-state index contributed by atoms with van der Waals surface area (Å²) in [7, 11) is 0. The molecule has 5 heteroatoms. The Labute approximate surface area is 141 Å². The predicted molar refractivity (Wildman–Crippen MR) is 97.1 cm³/mol. The van der Waals surface area contributed by atoms with Crippen LogP contribution in [0.15, 0.2) is 42.7 Å². The third-order valence-electron chi connectivity index (χ3n) is 4.15. The van der Waals surface area contributed by atoms with Gasteiger partial charge in [0, 0.05) is 28.9 Å². The van der Waals surface area contributed by atoms with Crippen LogP contribution in [-0.2, 0) is 12.0 Å². The Morgan fingerprint density at radius 2 is 2.08 bits per heavy atom. The fraction of sp³-hybridized carbons (Fsp3) is 0.263. The van der Waals surface area contributed by atoms with Gasteiger partial charge in [-0.1, -0.05) is 13.0 Å². The van der Waals surface area contributed by atoms with Crippen LogP contribution in [0.25, 0.3) is 11.0 Å². The number of anilines is 1. The number of carbonyl (C=O) groups excluding carboxylic acids is 1.